The molecule has 0 aromatic heterocycles. The van der Waals surface area contributed by atoms with E-state index in [2.05, 4.69) is 24.1 Å². The van der Waals surface area contributed by atoms with Crippen molar-refractivity contribution in [2.24, 2.45) is 5.92 Å². The van der Waals surface area contributed by atoms with Crippen LogP contribution in [0.1, 0.15) is 52.4 Å². The van der Waals surface area contributed by atoms with E-state index in [0.29, 0.717) is 0 Å². The number of hydrogen-bond acceptors (Lipinski definition) is 2. The van der Waals surface area contributed by atoms with Crippen LogP contribution in [-0.2, 0) is 0 Å². The molecular formula is C14H30N2. The van der Waals surface area contributed by atoms with Gasteiger partial charge < -0.3 is 10.2 Å². The van der Waals surface area contributed by atoms with Crippen LogP contribution in [0.25, 0.3) is 0 Å². The zero-order valence-corrected chi connectivity index (χ0v) is 11.3. The van der Waals surface area contributed by atoms with Gasteiger partial charge in [0.2, 0.25) is 0 Å². The summed E-state index contributed by atoms with van der Waals surface area (Å²) in [4.78, 5) is 2.66. The highest BCUT2D eigenvalue weighted by Gasteiger charge is 2.17. The quantitative estimate of drug-likeness (QED) is 0.640. The maximum absolute atomic E-state index is 3.47. The normalized spacial score (nSPS) is 19.1. The van der Waals surface area contributed by atoms with E-state index in [9.17, 15) is 0 Å². The third-order valence-electron chi connectivity index (χ3n) is 3.72. The van der Waals surface area contributed by atoms with Gasteiger partial charge in [-0.25, -0.2) is 0 Å². The molecule has 0 atom stereocenters. The van der Waals surface area contributed by atoms with Gasteiger partial charge in [-0.2, -0.15) is 0 Å². The highest BCUT2D eigenvalue weighted by Crippen LogP contribution is 2.16. The summed E-state index contributed by atoms with van der Waals surface area (Å²) in [6.45, 7) is 10.9. The van der Waals surface area contributed by atoms with Gasteiger partial charge in [0.25, 0.3) is 0 Å². The second kappa shape index (κ2) is 9.00. The monoisotopic (exact) mass is 226 g/mol. The fraction of sp³-hybridized carbons (Fsp3) is 1.00. The van der Waals surface area contributed by atoms with Gasteiger partial charge in [0.15, 0.2) is 0 Å². The predicted octanol–water partition coefficient (Wildman–Crippen LogP) is 2.89. The van der Waals surface area contributed by atoms with Crippen LogP contribution in [-0.4, -0.2) is 37.6 Å². The smallest absolute Gasteiger partial charge is 0.00156 e. The number of nitrogens with zero attached hydrogens (tertiary/aromatic N) is 1. The van der Waals surface area contributed by atoms with E-state index in [1.165, 1.54) is 64.7 Å². The number of piperidine rings is 1. The Kier molecular flexibility index (Phi) is 7.87. The van der Waals surface area contributed by atoms with Crippen molar-refractivity contribution in [3.63, 3.8) is 0 Å². The molecule has 1 heterocycles. The van der Waals surface area contributed by atoms with Crippen LogP contribution in [0.2, 0.25) is 0 Å². The summed E-state index contributed by atoms with van der Waals surface area (Å²) in [6.07, 6.45) is 8.41. The second-order valence-corrected chi connectivity index (χ2v) is 5.15. The molecule has 1 aliphatic heterocycles. The Labute approximate surface area is 102 Å². The summed E-state index contributed by atoms with van der Waals surface area (Å²) in [5.74, 6) is 0.937. The number of hydrogen-bond donors (Lipinski definition) is 1. The van der Waals surface area contributed by atoms with E-state index >= 15 is 0 Å². The summed E-state index contributed by atoms with van der Waals surface area (Å²) < 4.78 is 0. The minimum Gasteiger partial charge on any atom is -0.317 e. The molecule has 0 aromatic carbocycles. The van der Waals surface area contributed by atoms with Gasteiger partial charge in [0, 0.05) is 0 Å². The first-order valence-corrected chi connectivity index (χ1v) is 7.29. The molecule has 2 nitrogen and oxygen atoms in total. The fourth-order valence-electron chi connectivity index (χ4n) is 2.52. The lowest BCUT2D eigenvalue weighted by atomic mass is 9.96. The molecule has 16 heavy (non-hydrogen) atoms. The van der Waals surface area contributed by atoms with E-state index in [4.69, 9.17) is 0 Å². The van der Waals surface area contributed by atoms with Crippen LogP contribution in [0.4, 0.5) is 0 Å². The minimum absolute atomic E-state index is 0.937. The SMILES string of the molecule is CCCCCCN1CCC(CNCC)CC1. The summed E-state index contributed by atoms with van der Waals surface area (Å²) in [6, 6.07) is 0. The van der Waals surface area contributed by atoms with Crippen LogP contribution in [0.5, 0.6) is 0 Å². The van der Waals surface area contributed by atoms with Crippen molar-refractivity contribution in [1.82, 2.24) is 10.2 Å². The third kappa shape index (κ3) is 5.86. The standard InChI is InChI=1S/C14H30N2/c1-3-5-6-7-10-16-11-8-14(9-12-16)13-15-4-2/h14-15H,3-13H2,1-2H3. The first kappa shape index (κ1) is 14.0. The van der Waals surface area contributed by atoms with Crippen molar-refractivity contribution < 1.29 is 0 Å². The van der Waals surface area contributed by atoms with Gasteiger partial charge in [-0.15, -0.1) is 0 Å². The van der Waals surface area contributed by atoms with Crippen molar-refractivity contribution in [1.29, 1.82) is 0 Å². The van der Waals surface area contributed by atoms with Crippen LogP contribution in [0, 0.1) is 5.92 Å². The molecular weight excluding hydrogens is 196 g/mol. The van der Waals surface area contributed by atoms with Gasteiger partial charge in [0.05, 0.1) is 0 Å². The second-order valence-electron chi connectivity index (χ2n) is 5.15. The Bertz CT molecular complexity index is 151. The molecule has 0 radical (unpaired) electrons. The molecule has 0 amide bonds. The van der Waals surface area contributed by atoms with Gasteiger partial charge in [0.1, 0.15) is 0 Å². The van der Waals surface area contributed by atoms with E-state index in [1.807, 2.05) is 0 Å². The molecule has 1 aliphatic rings. The topological polar surface area (TPSA) is 15.3 Å². The van der Waals surface area contributed by atoms with Gasteiger partial charge in [-0.05, 0) is 57.9 Å². The molecule has 2 heteroatoms. The fourth-order valence-corrected chi connectivity index (χ4v) is 2.52. The Balaban J connectivity index is 1.98. The van der Waals surface area contributed by atoms with Crippen molar-refractivity contribution in [3.05, 3.63) is 0 Å². The zero-order valence-electron chi connectivity index (χ0n) is 11.3. The van der Waals surface area contributed by atoms with Crippen LogP contribution in [0.15, 0.2) is 0 Å². The molecule has 0 aromatic rings. The Morgan fingerprint density at radius 2 is 1.81 bits per heavy atom. The highest BCUT2D eigenvalue weighted by molar-refractivity contribution is 4.73. The first-order valence-electron chi connectivity index (χ1n) is 7.29. The molecule has 1 saturated heterocycles. The molecule has 1 fully saturated rings. The highest BCUT2D eigenvalue weighted by atomic mass is 15.1. The van der Waals surface area contributed by atoms with Crippen LogP contribution < -0.4 is 5.32 Å². The Morgan fingerprint density at radius 1 is 1.06 bits per heavy atom. The summed E-state index contributed by atoms with van der Waals surface area (Å²) in [7, 11) is 0. The van der Waals surface area contributed by atoms with E-state index < -0.39 is 0 Å². The molecule has 96 valence electrons. The Hall–Kier alpha value is -0.0800. The molecule has 0 aliphatic carbocycles. The maximum Gasteiger partial charge on any atom is -0.00156 e. The summed E-state index contributed by atoms with van der Waals surface area (Å²) in [5.41, 5.74) is 0. The largest absolute Gasteiger partial charge is 0.317 e. The van der Waals surface area contributed by atoms with Gasteiger partial charge in [-0.3, -0.25) is 0 Å². The number of unbranched alkanes of at least 4 members (excludes halogenated alkanes) is 3. The van der Waals surface area contributed by atoms with Crippen LogP contribution >= 0.6 is 0 Å². The molecule has 0 unspecified atom stereocenters. The minimum atomic E-state index is 0.937. The van der Waals surface area contributed by atoms with Crippen molar-refractivity contribution in [2.75, 3.05) is 32.7 Å². The lowest BCUT2D eigenvalue weighted by Gasteiger charge is -2.32. The molecule has 0 spiro atoms. The number of rotatable bonds is 8. The molecule has 1 rings (SSSR count). The summed E-state index contributed by atoms with van der Waals surface area (Å²) >= 11 is 0. The van der Waals surface area contributed by atoms with E-state index in [-0.39, 0.29) is 0 Å². The predicted molar refractivity (Wildman–Crippen MR) is 71.8 cm³/mol. The third-order valence-corrected chi connectivity index (χ3v) is 3.72. The number of likely N-dealkylation sites (tertiary alicyclic amines) is 1. The molecule has 1 N–H and O–H groups in total. The Morgan fingerprint density at radius 3 is 2.44 bits per heavy atom. The average molecular weight is 226 g/mol. The number of nitrogens with one attached hydrogen (secondary N) is 1. The lowest BCUT2D eigenvalue weighted by Crippen LogP contribution is -2.37. The lowest BCUT2D eigenvalue weighted by molar-refractivity contribution is 0.180. The zero-order chi connectivity index (χ0) is 11.6. The van der Waals surface area contributed by atoms with Gasteiger partial charge >= 0.3 is 0 Å². The van der Waals surface area contributed by atoms with Crippen molar-refractivity contribution in [2.45, 2.75) is 52.4 Å². The first-order chi connectivity index (χ1) is 7.86. The average Bonchev–Trinajstić information content (AvgIpc) is 2.33. The van der Waals surface area contributed by atoms with Crippen molar-refractivity contribution in [3.8, 4) is 0 Å². The maximum atomic E-state index is 3.47. The van der Waals surface area contributed by atoms with Crippen molar-refractivity contribution >= 4 is 0 Å². The molecule has 0 saturated carbocycles. The molecule has 0 bridgehead atoms. The van der Waals surface area contributed by atoms with E-state index in [0.717, 1.165) is 12.5 Å². The van der Waals surface area contributed by atoms with Gasteiger partial charge in [-0.1, -0.05) is 33.1 Å². The summed E-state index contributed by atoms with van der Waals surface area (Å²) in [5, 5.41) is 3.47. The van der Waals surface area contributed by atoms with E-state index in [1.54, 1.807) is 0 Å². The van der Waals surface area contributed by atoms with Crippen LogP contribution in [0.3, 0.4) is 0 Å².